The molecule has 1 aromatic rings. The maximum atomic E-state index is 12.2. The molecule has 0 radical (unpaired) electrons. The van der Waals surface area contributed by atoms with Crippen LogP contribution < -0.4 is 16.0 Å². The van der Waals surface area contributed by atoms with Crippen molar-refractivity contribution in [2.45, 2.75) is 26.0 Å². The second-order valence-corrected chi connectivity index (χ2v) is 5.28. The molecule has 3 N–H and O–H groups in total. The van der Waals surface area contributed by atoms with Crippen LogP contribution in [0.3, 0.4) is 0 Å². The Kier molecular flexibility index (Phi) is 7.09. The fraction of sp³-hybridized carbons (Fsp3) is 0.429. The van der Waals surface area contributed by atoms with Crippen LogP contribution in [-0.2, 0) is 14.3 Å². The standard InChI is InChI=1S/C14H18ClN3O3.ClH/c1-8-13(16-5-6-21-8)14(20)18-10-3-4-11(15)12(7-10)17-9(2)19;/h3-4,7-8,13,16H,5-6H2,1-2H3,(H,17,19)(H,18,20);1H/t8-,13+;/m1./s1. The SMILES string of the molecule is CC(=O)Nc1cc(NC(=O)[C@H]2NCCO[C@@H]2C)ccc1Cl.Cl. The number of hydrogen-bond acceptors (Lipinski definition) is 4. The average Bonchev–Trinajstić information content (AvgIpc) is 2.42. The molecule has 22 heavy (non-hydrogen) atoms. The first-order chi connectivity index (χ1) is 9.97. The zero-order chi connectivity index (χ0) is 15.4. The molecule has 6 nitrogen and oxygen atoms in total. The molecule has 1 heterocycles. The minimum Gasteiger partial charge on any atom is -0.375 e. The van der Waals surface area contributed by atoms with Gasteiger partial charge in [0.05, 0.1) is 23.4 Å². The average molecular weight is 348 g/mol. The predicted molar refractivity (Wildman–Crippen MR) is 88.8 cm³/mol. The lowest BCUT2D eigenvalue weighted by Crippen LogP contribution is -2.53. The number of amides is 2. The van der Waals surface area contributed by atoms with E-state index >= 15 is 0 Å². The van der Waals surface area contributed by atoms with Crippen molar-refractivity contribution in [1.29, 1.82) is 0 Å². The van der Waals surface area contributed by atoms with Gasteiger partial charge in [-0.25, -0.2) is 0 Å². The summed E-state index contributed by atoms with van der Waals surface area (Å²) in [6, 6.07) is 4.52. The maximum absolute atomic E-state index is 12.2. The van der Waals surface area contributed by atoms with Gasteiger partial charge in [-0.05, 0) is 25.1 Å². The first-order valence-corrected chi connectivity index (χ1v) is 7.08. The highest BCUT2D eigenvalue weighted by Gasteiger charge is 2.28. The smallest absolute Gasteiger partial charge is 0.244 e. The molecule has 0 unspecified atom stereocenters. The minimum absolute atomic E-state index is 0. The van der Waals surface area contributed by atoms with Crippen LogP contribution in [0.1, 0.15) is 13.8 Å². The largest absolute Gasteiger partial charge is 0.375 e. The van der Waals surface area contributed by atoms with E-state index in [0.29, 0.717) is 29.5 Å². The maximum Gasteiger partial charge on any atom is 0.244 e. The molecule has 1 aromatic carbocycles. The molecule has 8 heteroatoms. The van der Waals surface area contributed by atoms with Crippen molar-refractivity contribution < 1.29 is 14.3 Å². The molecule has 2 rings (SSSR count). The number of nitrogens with one attached hydrogen (secondary N) is 3. The highest BCUT2D eigenvalue weighted by Crippen LogP contribution is 2.25. The topological polar surface area (TPSA) is 79.5 Å². The summed E-state index contributed by atoms with van der Waals surface area (Å²) in [5.41, 5.74) is 1.02. The summed E-state index contributed by atoms with van der Waals surface area (Å²) in [5, 5.41) is 8.93. The Morgan fingerprint density at radius 1 is 1.36 bits per heavy atom. The number of hydrogen-bond donors (Lipinski definition) is 3. The number of anilines is 2. The molecule has 1 saturated heterocycles. The Morgan fingerprint density at radius 3 is 2.73 bits per heavy atom. The first kappa shape index (κ1) is 18.7. The molecular weight excluding hydrogens is 329 g/mol. The summed E-state index contributed by atoms with van der Waals surface area (Å²) in [6.45, 7) is 4.48. The van der Waals surface area contributed by atoms with Gasteiger partial charge in [0.2, 0.25) is 11.8 Å². The summed E-state index contributed by atoms with van der Waals surface area (Å²) in [5.74, 6) is -0.408. The van der Waals surface area contributed by atoms with Crippen molar-refractivity contribution in [3.63, 3.8) is 0 Å². The number of halogens is 2. The van der Waals surface area contributed by atoms with Crippen molar-refractivity contribution in [2.75, 3.05) is 23.8 Å². The van der Waals surface area contributed by atoms with E-state index in [1.807, 2.05) is 6.92 Å². The van der Waals surface area contributed by atoms with Crippen LogP contribution in [0.15, 0.2) is 18.2 Å². The number of ether oxygens (including phenoxy) is 1. The monoisotopic (exact) mass is 347 g/mol. The fourth-order valence-electron chi connectivity index (χ4n) is 2.14. The van der Waals surface area contributed by atoms with Crippen LogP contribution in [0, 0.1) is 0 Å². The lowest BCUT2D eigenvalue weighted by molar-refractivity contribution is -0.123. The lowest BCUT2D eigenvalue weighted by atomic mass is 10.1. The molecule has 1 aliphatic heterocycles. The number of benzene rings is 1. The number of rotatable bonds is 3. The van der Waals surface area contributed by atoms with Gasteiger partial charge in [0.1, 0.15) is 6.04 Å². The van der Waals surface area contributed by atoms with E-state index in [4.69, 9.17) is 16.3 Å². The quantitative estimate of drug-likeness (QED) is 0.781. The molecule has 0 aromatic heterocycles. The Labute approximate surface area is 140 Å². The van der Waals surface area contributed by atoms with E-state index in [9.17, 15) is 9.59 Å². The van der Waals surface area contributed by atoms with E-state index in [2.05, 4.69) is 16.0 Å². The summed E-state index contributed by atoms with van der Waals surface area (Å²) in [6.07, 6.45) is -0.194. The summed E-state index contributed by atoms with van der Waals surface area (Å²) in [7, 11) is 0. The van der Waals surface area contributed by atoms with Crippen LogP contribution in [-0.4, -0.2) is 37.1 Å². The van der Waals surface area contributed by atoms with Gasteiger partial charge >= 0.3 is 0 Å². The van der Waals surface area contributed by atoms with Crippen LogP contribution in [0.4, 0.5) is 11.4 Å². The highest BCUT2D eigenvalue weighted by atomic mass is 35.5. The minimum atomic E-state index is -0.404. The van der Waals surface area contributed by atoms with E-state index in [-0.39, 0.29) is 30.3 Å². The van der Waals surface area contributed by atoms with E-state index in [1.54, 1.807) is 18.2 Å². The normalized spacial score (nSPS) is 20.7. The van der Waals surface area contributed by atoms with Gasteiger partial charge in [0.25, 0.3) is 0 Å². The predicted octanol–water partition coefficient (Wildman–Crippen LogP) is 2.04. The van der Waals surface area contributed by atoms with Crippen LogP contribution in [0.25, 0.3) is 0 Å². The second-order valence-electron chi connectivity index (χ2n) is 4.87. The Balaban J connectivity index is 0.00000242. The van der Waals surface area contributed by atoms with Crippen molar-refractivity contribution in [3.05, 3.63) is 23.2 Å². The molecule has 1 aliphatic rings. The van der Waals surface area contributed by atoms with Gasteiger partial charge in [-0.15, -0.1) is 12.4 Å². The zero-order valence-corrected chi connectivity index (χ0v) is 13.9. The van der Waals surface area contributed by atoms with Gasteiger partial charge in [-0.2, -0.15) is 0 Å². The van der Waals surface area contributed by atoms with E-state index in [1.165, 1.54) is 6.92 Å². The van der Waals surface area contributed by atoms with Gasteiger partial charge in [0, 0.05) is 19.2 Å². The van der Waals surface area contributed by atoms with Crippen molar-refractivity contribution >= 4 is 47.2 Å². The van der Waals surface area contributed by atoms with Crippen molar-refractivity contribution in [1.82, 2.24) is 5.32 Å². The van der Waals surface area contributed by atoms with E-state index < -0.39 is 6.04 Å². The summed E-state index contributed by atoms with van der Waals surface area (Å²) < 4.78 is 5.44. The Morgan fingerprint density at radius 2 is 2.09 bits per heavy atom. The molecule has 0 bridgehead atoms. The third kappa shape index (κ3) is 4.84. The van der Waals surface area contributed by atoms with Crippen molar-refractivity contribution in [2.24, 2.45) is 0 Å². The van der Waals surface area contributed by atoms with Crippen LogP contribution >= 0.6 is 24.0 Å². The zero-order valence-electron chi connectivity index (χ0n) is 12.3. The van der Waals surface area contributed by atoms with Crippen LogP contribution in [0.5, 0.6) is 0 Å². The third-order valence-corrected chi connectivity index (χ3v) is 3.47. The van der Waals surface area contributed by atoms with Gasteiger partial charge in [-0.3, -0.25) is 9.59 Å². The molecule has 0 spiro atoms. The van der Waals surface area contributed by atoms with E-state index in [0.717, 1.165) is 0 Å². The van der Waals surface area contributed by atoms with Gasteiger partial charge in [0.15, 0.2) is 0 Å². The third-order valence-electron chi connectivity index (χ3n) is 3.14. The molecule has 122 valence electrons. The van der Waals surface area contributed by atoms with Crippen molar-refractivity contribution in [3.8, 4) is 0 Å². The summed E-state index contributed by atoms with van der Waals surface area (Å²) in [4.78, 5) is 23.3. The lowest BCUT2D eigenvalue weighted by Gasteiger charge is -2.29. The Bertz CT molecular complexity index is 554. The van der Waals surface area contributed by atoms with Crippen LogP contribution in [0.2, 0.25) is 5.02 Å². The molecule has 1 fully saturated rings. The summed E-state index contributed by atoms with van der Waals surface area (Å²) >= 11 is 5.99. The molecule has 0 aliphatic carbocycles. The van der Waals surface area contributed by atoms with Gasteiger partial charge in [-0.1, -0.05) is 11.6 Å². The first-order valence-electron chi connectivity index (χ1n) is 6.70. The Hall–Kier alpha value is -1.34. The molecule has 2 amide bonds. The second kappa shape index (κ2) is 8.33. The number of carbonyl (C=O) groups is 2. The number of morpholine rings is 1. The number of carbonyl (C=O) groups excluding carboxylic acids is 2. The van der Waals surface area contributed by atoms with Gasteiger partial charge < -0.3 is 20.7 Å². The molecular formula is C14H19Cl2N3O3. The fourth-order valence-corrected chi connectivity index (χ4v) is 2.30. The molecule has 0 saturated carbocycles. The highest BCUT2D eigenvalue weighted by molar-refractivity contribution is 6.33. The molecule has 2 atom stereocenters.